The zero-order valence-corrected chi connectivity index (χ0v) is 13.1. The molecule has 0 saturated heterocycles. The summed E-state index contributed by atoms with van der Waals surface area (Å²) in [6.07, 6.45) is 2.14. The number of hydrogen-bond acceptors (Lipinski definition) is 4. The number of nitrogens with two attached hydrogens (primary N) is 1. The van der Waals surface area contributed by atoms with E-state index in [9.17, 15) is 0 Å². The van der Waals surface area contributed by atoms with Crippen LogP contribution in [0.4, 0.5) is 5.95 Å². The lowest BCUT2D eigenvalue weighted by Gasteiger charge is -2.19. The molecule has 0 radical (unpaired) electrons. The van der Waals surface area contributed by atoms with Gasteiger partial charge in [-0.15, -0.1) is 11.3 Å². The molecular weight excluding hydrogens is 282 g/mol. The average Bonchev–Trinajstić information content (AvgIpc) is 3.11. The molecule has 0 aliphatic carbocycles. The van der Waals surface area contributed by atoms with Crippen molar-refractivity contribution < 1.29 is 4.74 Å². The smallest absolute Gasteiger partial charge is 0.201 e. The van der Waals surface area contributed by atoms with E-state index in [-0.39, 0.29) is 6.04 Å². The second kappa shape index (κ2) is 5.77. The Morgan fingerprint density at radius 1 is 1.38 bits per heavy atom. The van der Waals surface area contributed by atoms with E-state index in [0.717, 1.165) is 29.6 Å². The van der Waals surface area contributed by atoms with Crippen molar-refractivity contribution in [1.82, 2.24) is 9.55 Å². The van der Waals surface area contributed by atoms with Crippen molar-refractivity contribution in [1.29, 1.82) is 0 Å². The first-order valence-corrected chi connectivity index (χ1v) is 7.97. The van der Waals surface area contributed by atoms with E-state index in [1.54, 1.807) is 18.4 Å². The summed E-state index contributed by atoms with van der Waals surface area (Å²) in [6, 6.07) is 10.4. The van der Waals surface area contributed by atoms with Crippen LogP contribution in [0.1, 0.15) is 30.7 Å². The SMILES string of the molecule is CCCC(c1cccs1)n1c(N)nc2cc(OC)ccc21. The molecule has 1 aromatic carbocycles. The molecule has 1 atom stereocenters. The van der Waals surface area contributed by atoms with Crippen LogP contribution in [0, 0.1) is 0 Å². The Morgan fingerprint density at radius 2 is 2.24 bits per heavy atom. The van der Waals surface area contributed by atoms with Gasteiger partial charge in [0.05, 0.1) is 24.2 Å². The lowest BCUT2D eigenvalue weighted by molar-refractivity contribution is 0.415. The van der Waals surface area contributed by atoms with E-state index in [1.165, 1.54) is 4.88 Å². The quantitative estimate of drug-likeness (QED) is 0.772. The number of hydrogen-bond donors (Lipinski definition) is 1. The summed E-state index contributed by atoms with van der Waals surface area (Å²) in [7, 11) is 1.66. The van der Waals surface area contributed by atoms with Crippen molar-refractivity contribution in [3.05, 3.63) is 40.6 Å². The number of aromatic nitrogens is 2. The molecule has 3 aromatic rings. The van der Waals surface area contributed by atoms with E-state index < -0.39 is 0 Å². The van der Waals surface area contributed by atoms with Crippen molar-refractivity contribution in [3.63, 3.8) is 0 Å². The van der Waals surface area contributed by atoms with E-state index in [0.29, 0.717) is 5.95 Å². The van der Waals surface area contributed by atoms with Crippen LogP contribution >= 0.6 is 11.3 Å². The highest BCUT2D eigenvalue weighted by Gasteiger charge is 2.20. The average molecular weight is 301 g/mol. The van der Waals surface area contributed by atoms with Crippen LogP contribution in [0.2, 0.25) is 0 Å². The third-order valence-corrected chi connectivity index (χ3v) is 4.64. The minimum Gasteiger partial charge on any atom is -0.497 e. The Bertz CT molecular complexity index is 733. The molecule has 0 fully saturated rings. The summed E-state index contributed by atoms with van der Waals surface area (Å²) in [5.74, 6) is 1.36. The number of thiophene rings is 1. The molecule has 0 spiro atoms. The number of benzene rings is 1. The van der Waals surface area contributed by atoms with Gasteiger partial charge in [-0.1, -0.05) is 19.4 Å². The Hall–Kier alpha value is -2.01. The number of ether oxygens (including phenoxy) is 1. The summed E-state index contributed by atoms with van der Waals surface area (Å²) in [4.78, 5) is 5.82. The largest absolute Gasteiger partial charge is 0.497 e. The molecular formula is C16H19N3OS. The Balaban J connectivity index is 2.15. The van der Waals surface area contributed by atoms with Gasteiger partial charge >= 0.3 is 0 Å². The number of imidazole rings is 1. The number of fused-ring (bicyclic) bond motifs is 1. The van der Waals surface area contributed by atoms with Gasteiger partial charge in [-0.05, 0) is 30.0 Å². The van der Waals surface area contributed by atoms with Gasteiger partial charge in [0.2, 0.25) is 5.95 Å². The molecule has 0 saturated carbocycles. The maximum Gasteiger partial charge on any atom is 0.201 e. The van der Waals surface area contributed by atoms with Crippen LogP contribution < -0.4 is 10.5 Å². The first-order chi connectivity index (χ1) is 10.2. The third kappa shape index (κ3) is 2.49. The number of anilines is 1. The van der Waals surface area contributed by atoms with E-state index in [1.807, 2.05) is 18.2 Å². The fourth-order valence-corrected chi connectivity index (χ4v) is 3.56. The Morgan fingerprint density at radius 3 is 2.90 bits per heavy atom. The molecule has 3 rings (SSSR count). The van der Waals surface area contributed by atoms with Crippen molar-refractivity contribution >= 4 is 28.3 Å². The molecule has 0 bridgehead atoms. The maximum absolute atomic E-state index is 6.20. The zero-order valence-electron chi connectivity index (χ0n) is 12.2. The van der Waals surface area contributed by atoms with Crippen LogP contribution in [0.3, 0.4) is 0 Å². The molecule has 110 valence electrons. The summed E-state index contributed by atoms with van der Waals surface area (Å²) in [6.45, 7) is 2.19. The van der Waals surface area contributed by atoms with E-state index >= 15 is 0 Å². The van der Waals surface area contributed by atoms with Crippen LogP contribution in [0.15, 0.2) is 35.7 Å². The molecule has 0 aliphatic heterocycles. The number of nitrogens with zero attached hydrogens (tertiary/aromatic N) is 2. The Kier molecular flexibility index (Phi) is 3.84. The predicted molar refractivity (Wildman–Crippen MR) is 88.1 cm³/mol. The van der Waals surface area contributed by atoms with Crippen molar-refractivity contribution in [3.8, 4) is 5.75 Å². The van der Waals surface area contributed by atoms with E-state index in [2.05, 4.69) is 34.0 Å². The van der Waals surface area contributed by atoms with Crippen LogP contribution in [0.5, 0.6) is 5.75 Å². The van der Waals surface area contributed by atoms with Gasteiger partial charge in [0.15, 0.2) is 0 Å². The summed E-state index contributed by atoms with van der Waals surface area (Å²) >= 11 is 1.77. The van der Waals surface area contributed by atoms with Gasteiger partial charge in [0.25, 0.3) is 0 Å². The molecule has 5 heteroatoms. The molecule has 2 aromatic heterocycles. The molecule has 2 N–H and O–H groups in total. The molecule has 4 nitrogen and oxygen atoms in total. The normalized spacial score (nSPS) is 12.7. The topological polar surface area (TPSA) is 53.1 Å². The van der Waals surface area contributed by atoms with Gasteiger partial charge in [-0.25, -0.2) is 4.98 Å². The highest BCUT2D eigenvalue weighted by atomic mass is 32.1. The molecule has 1 unspecified atom stereocenters. The van der Waals surface area contributed by atoms with E-state index in [4.69, 9.17) is 10.5 Å². The highest BCUT2D eigenvalue weighted by molar-refractivity contribution is 7.10. The summed E-state index contributed by atoms with van der Waals surface area (Å²) in [5.41, 5.74) is 8.13. The fraction of sp³-hybridized carbons (Fsp3) is 0.312. The van der Waals surface area contributed by atoms with Crippen molar-refractivity contribution in [2.75, 3.05) is 12.8 Å². The summed E-state index contributed by atoms with van der Waals surface area (Å²) in [5, 5.41) is 2.11. The number of nitrogen functional groups attached to an aromatic ring is 1. The van der Waals surface area contributed by atoms with Gasteiger partial charge in [-0.3, -0.25) is 0 Å². The predicted octanol–water partition coefficient (Wildman–Crippen LogP) is 4.08. The number of rotatable bonds is 5. The lowest BCUT2D eigenvalue weighted by atomic mass is 10.1. The molecule has 0 amide bonds. The molecule has 2 heterocycles. The lowest BCUT2D eigenvalue weighted by Crippen LogP contribution is -2.12. The number of methoxy groups -OCH3 is 1. The second-order valence-corrected chi connectivity index (χ2v) is 5.99. The first-order valence-electron chi connectivity index (χ1n) is 7.09. The minimum atomic E-state index is 0.244. The van der Waals surface area contributed by atoms with Gasteiger partial charge in [0, 0.05) is 10.9 Å². The van der Waals surface area contributed by atoms with Crippen LogP contribution in [-0.2, 0) is 0 Å². The maximum atomic E-state index is 6.20. The minimum absolute atomic E-state index is 0.244. The van der Waals surface area contributed by atoms with Crippen LogP contribution in [-0.4, -0.2) is 16.7 Å². The van der Waals surface area contributed by atoms with Gasteiger partial charge < -0.3 is 15.0 Å². The van der Waals surface area contributed by atoms with Crippen molar-refractivity contribution in [2.24, 2.45) is 0 Å². The highest BCUT2D eigenvalue weighted by Crippen LogP contribution is 2.34. The fourth-order valence-electron chi connectivity index (χ4n) is 2.70. The molecule has 0 aliphatic rings. The van der Waals surface area contributed by atoms with Gasteiger partial charge in [0.1, 0.15) is 5.75 Å². The third-order valence-electron chi connectivity index (χ3n) is 3.67. The van der Waals surface area contributed by atoms with Crippen LogP contribution in [0.25, 0.3) is 11.0 Å². The van der Waals surface area contributed by atoms with Gasteiger partial charge in [-0.2, -0.15) is 0 Å². The van der Waals surface area contributed by atoms with Crippen molar-refractivity contribution in [2.45, 2.75) is 25.8 Å². The monoisotopic (exact) mass is 301 g/mol. The second-order valence-electron chi connectivity index (χ2n) is 5.01. The Labute approximate surface area is 128 Å². The summed E-state index contributed by atoms with van der Waals surface area (Å²) < 4.78 is 7.41. The molecule has 21 heavy (non-hydrogen) atoms. The first kappa shape index (κ1) is 13.9. The standard InChI is InChI=1S/C16H19N3OS/c1-3-5-14(15-6-4-9-21-15)19-13-8-7-11(20-2)10-12(13)18-16(19)17/h4,6-10,14H,3,5H2,1-2H3,(H2,17,18). The zero-order chi connectivity index (χ0) is 14.8.